The lowest BCUT2D eigenvalue weighted by atomic mass is 9.93. The molecule has 6 rings (SSSR count). The van der Waals surface area contributed by atoms with E-state index >= 15 is 0 Å². The average molecular weight is 489 g/mol. The van der Waals surface area contributed by atoms with Crippen molar-refractivity contribution in [1.29, 1.82) is 0 Å². The lowest BCUT2D eigenvalue weighted by Crippen LogP contribution is -2.48. The van der Waals surface area contributed by atoms with Gasteiger partial charge in [0.1, 0.15) is 5.65 Å². The molecule has 2 N–H and O–H groups in total. The van der Waals surface area contributed by atoms with Crippen molar-refractivity contribution < 1.29 is 5.11 Å². The van der Waals surface area contributed by atoms with Crippen molar-refractivity contribution in [2.24, 2.45) is 0 Å². The van der Waals surface area contributed by atoms with Gasteiger partial charge in [0, 0.05) is 74.2 Å². The van der Waals surface area contributed by atoms with E-state index in [0.29, 0.717) is 18.1 Å². The van der Waals surface area contributed by atoms with Gasteiger partial charge in [-0.2, -0.15) is 4.98 Å². The van der Waals surface area contributed by atoms with Crippen molar-refractivity contribution in [3.05, 3.63) is 42.2 Å². The predicted molar refractivity (Wildman–Crippen MR) is 145 cm³/mol. The standard InChI is InChI=1S/C29H40N6O/c1-20(2)34-15-13-33(14-16-34)18-21-3-5-22(6-4-21)27-19-35(24-9-11-25(36)12-10-24)28-26(27)17-30-29(32-28)31-23-7-8-23/h3-6,17,19-20,23-25,36H,7-16,18H2,1-2H3,(H,30,31,32). The van der Waals surface area contributed by atoms with Crippen LogP contribution in [0.4, 0.5) is 5.95 Å². The molecule has 2 saturated carbocycles. The number of aliphatic hydroxyl groups is 1. The molecular formula is C29H40N6O. The van der Waals surface area contributed by atoms with Crippen molar-refractivity contribution in [3.8, 4) is 11.1 Å². The molecule has 3 aliphatic rings. The number of hydrogen-bond acceptors (Lipinski definition) is 6. The molecular weight excluding hydrogens is 448 g/mol. The predicted octanol–water partition coefficient (Wildman–Crippen LogP) is 4.67. The number of hydrogen-bond donors (Lipinski definition) is 2. The number of fused-ring (bicyclic) bond motifs is 1. The molecule has 36 heavy (non-hydrogen) atoms. The zero-order valence-corrected chi connectivity index (χ0v) is 21.7. The third kappa shape index (κ3) is 5.15. The summed E-state index contributed by atoms with van der Waals surface area (Å²) in [7, 11) is 0. The molecule has 0 unspecified atom stereocenters. The molecule has 192 valence electrons. The molecule has 3 fully saturated rings. The minimum Gasteiger partial charge on any atom is -0.393 e. The molecule has 7 nitrogen and oxygen atoms in total. The zero-order chi connectivity index (χ0) is 24.6. The van der Waals surface area contributed by atoms with Gasteiger partial charge in [0.05, 0.1) is 6.10 Å². The summed E-state index contributed by atoms with van der Waals surface area (Å²) >= 11 is 0. The number of nitrogens with one attached hydrogen (secondary N) is 1. The molecule has 1 saturated heterocycles. The Labute approximate surface area is 214 Å². The molecule has 3 aromatic rings. The van der Waals surface area contributed by atoms with E-state index < -0.39 is 0 Å². The van der Waals surface area contributed by atoms with Crippen LogP contribution in [0.15, 0.2) is 36.7 Å². The molecule has 2 aliphatic carbocycles. The van der Waals surface area contributed by atoms with Gasteiger partial charge >= 0.3 is 0 Å². The topological polar surface area (TPSA) is 69.5 Å². The molecule has 0 atom stereocenters. The maximum Gasteiger partial charge on any atom is 0.224 e. The summed E-state index contributed by atoms with van der Waals surface area (Å²) in [4.78, 5) is 14.8. The van der Waals surface area contributed by atoms with Crippen molar-refractivity contribution in [2.45, 2.75) is 83.1 Å². The Hall–Kier alpha value is -2.48. The quantitative estimate of drug-likeness (QED) is 0.504. The van der Waals surface area contributed by atoms with Crippen LogP contribution in [0, 0.1) is 0 Å². The van der Waals surface area contributed by atoms with E-state index in [2.05, 4.69) is 69.0 Å². The number of nitrogens with zero attached hydrogens (tertiary/aromatic N) is 5. The number of anilines is 1. The third-order valence-electron chi connectivity index (χ3n) is 8.35. The van der Waals surface area contributed by atoms with Crippen molar-refractivity contribution >= 4 is 17.0 Å². The van der Waals surface area contributed by atoms with Crippen LogP contribution in [-0.4, -0.2) is 73.8 Å². The fraction of sp³-hybridized carbons (Fsp3) is 0.586. The van der Waals surface area contributed by atoms with Gasteiger partial charge in [-0.15, -0.1) is 0 Å². The highest BCUT2D eigenvalue weighted by Gasteiger charge is 2.26. The lowest BCUT2D eigenvalue weighted by Gasteiger charge is -2.36. The van der Waals surface area contributed by atoms with E-state index in [0.717, 1.165) is 75.4 Å². The molecule has 1 aliphatic heterocycles. The number of piperazine rings is 1. The number of aliphatic hydroxyl groups excluding tert-OH is 1. The smallest absolute Gasteiger partial charge is 0.224 e. The maximum absolute atomic E-state index is 10.1. The third-order valence-corrected chi connectivity index (χ3v) is 8.35. The Morgan fingerprint density at radius 2 is 1.69 bits per heavy atom. The first-order valence-corrected chi connectivity index (χ1v) is 13.9. The van der Waals surface area contributed by atoms with Gasteiger partial charge in [0.2, 0.25) is 5.95 Å². The van der Waals surface area contributed by atoms with Crippen LogP contribution in [0.1, 0.15) is 64.0 Å². The Morgan fingerprint density at radius 1 is 0.972 bits per heavy atom. The Kier molecular flexibility index (Phi) is 6.71. The summed E-state index contributed by atoms with van der Waals surface area (Å²) in [6, 6.07) is 10.6. The fourth-order valence-electron chi connectivity index (χ4n) is 5.84. The maximum atomic E-state index is 10.1. The molecule has 0 amide bonds. The molecule has 0 spiro atoms. The highest BCUT2D eigenvalue weighted by molar-refractivity contribution is 5.94. The SMILES string of the molecule is CC(C)N1CCN(Cc2ccc(-c3cn(C4CCC(O)CC4)c4nc(NC5CC5)ncc34)cc2)CC1. The van der Waals surface area contributed by atoms with Gasteiger partial charge in [-0.25, -0.2) is 4.98 Å². The number of aromatic nitrogens is 3. The summed E-state index contributed by atoms with van der Waals surface area (Å²) in [6.45, 7) is 10.2. The van der Waals surface area contributed by atoms with E-state index in [1.165, 1.54) is 29.5 Å². The van der Waals surface area contributed by atoms with E-state index in [4.69, 9.17) is 4.98 Å². The van der Waals surface area contributed by atoms with E-state index in [1.54, 1.807) is 0 Å². The van der Waals surface area contributed by atoms with Crippen molar-refractivity contribution in [1.82, 2.24) is 24.3 Å². The first kappa shape index (κ1) is 23.9. The van der Waals surface area contributed by atoms with Crippen LogP contribution < -0.4 is 5.32 Å². The molecule has 3 heterocycles. The van der Waals surface area contributed by atoms with E-state index in [-0.39, 0.29) is 6.10 Å². The largest absolute Gasteiger partial charge is 0.393 e. The Balaban J connectivity index is 1.24. The zero-order valence-electron chi connectivity index (χ0n) is 21.7. The Morgan fingerprint density at radius 3 is 2.36 bits per heavy atom. The summed E-state index contributed by atoms with van der Waals surface area (Å²) < 4.78 is 2.36. The monoisotopic (exact) mass is 488 g/mol. The lowest BCUT2D eigenvalue weighted by molar-refractivity contribution is 0.104. The minimum absolute atomic E-state index is 0.162. The summed E-state index contributed by atoms with van der Waals surface area (Å²) in [5, 5.41) is 14.6. The van der Waals surface area contributed by atoms with Gasteiger partial charge in [-0.3, -0.25) is 9.80 Å². The van der Waals surface area contributed by atoms with Gasteiger partial charge in [0.25, 0.3) is 0 Å². The molecule has 1 aromatic carbocycles. The normalized spacial score (nSPS) is 24.0. The second kappa shape index (κ2) is 10.1. The minimum atomic E-state index is -0.162. The van der Waals surface area contributed by atoms with Crippen LogP contribution >= 0.6 is 0 Å². The molecule has 7 heteroatoms. The first-order valence-electron chi connectivity index (χ1n) is 13.9. The van der Waals surface area contributed by atoms with Crippen molar-refractivity contribution in [3.63, 3.8) is 0 Å². The number of benzene rings is 1. The summed E-state index contributed by atoms with van der Waals surface area (Å²) in [6.07, 6.45) is 10.2. The van der Waals surface area contributed by atoms with E-state index in [9.17, 15) is 5.11 Å². The van der Waals surface area contributed by atoms with Crippen LogP contribution in [0.5, 0.6) is 0 Å². The van der Waals surface area contributed by atoms with Crippen LogP contribution in [-0.2, 0) is 6.54 Å². The van der Waals surface area contributed by atoms with Crippen LogP contribution in [0.25, 0.3) is 22.2 Å². The van der Waals surface area contributed by atoms with Crippen LogP contribution in [0.2, 0.25) is 0 Å². The summed E-state index contributed by atoms with van der Waals surface area (Å²) in [5.41, 5.74) is 4.80. The Bertz CT molecular complexity index is 1170. The highest BCUT2D eigenvalue weighted by atomic mass is 16.3. The molecule has 2 aromatic heterocycles. The average Bonchev–Trinajstić information content (AvgIpc) is 3.63. The van der Waals surface area contributed by atoms with E-state index in [1.807, 2.05) is 6.20 Å². The second-order valence-corrected chi connectivity index (χ2v) is 11.4. The van der Waals surface area contributed by atoms with Crippen molar-refractivity contribution in [2.75, 3.05) is 31.5 Å². The van der Waals surface area contributed by atoms with Gasteiger partial charge < -0.3 is 15.0 Å². The van der Waals surface area contributed by atoms with Gasteiger partial charge in [-0.05, 0) is 63.5 Å². The molecule has 0 radical (unpaired) electrons. The summed E-state index contributed by atoms with van der Waals surface area (Å²) in [5.74, 6) is 0.736. The van der Waals surface area contributed by atoms with Gasteiger partial charge in [-0.1, -0.05) is 24.3 Å². The first-order chi connectivity index (χ1) is 17.5. The fourth-order valence-corrected chi connectivity index (χ4v) is 5.84. The van der Waals surface area contributed by atoms with Crippen LogP contribution in [0.3, 0.4) is 0 Å². The second-order valence-electron chi connectivity index (χ2n) is 11.4. The molecule has 0 bridgehead atoms. The number of rotatable bonds is 7. The highest BCUT2D eigenvalue weighted by Crippen LogP contribution is 2.37. The van der Waals surface area contributed by atoms with Gasteiger partial charge in [0.15, 0.2) is 0 Å².